The Labute approximate surface area is 161 Å². The zero-order chi connectivity index (χ0) is 19.2. The SMILES string of the molecule is Cc1ccc(-c2nc(C)c(C(=O)NCCC(=O)NCc3ccccc3)s2)o1. The monoisotopic (exact) mass is 383 g/mol. The predicted molar refractivity (Wildman–Crippen MR) is 105 cm³/mol. The van der Waals surface area contributed by atoms with Gasteiger partial charge < -0.3 is 15.1 Å². The van der Waals surface area contributed by atoms with Gasteiger partial charge in [-0.3, -0.25) is 9.59 Å². The molecule has 3 aromatic rings. The number of amides is 2. The molecule has 0 radical (unpaired) electrons. The molecule has 0 bridgehead atoms. The number of hydrogen-bond acceptors (Lipinski definition) is 5. The molecule has 0 saturated heterocycles. The van der Waals surface area contributed by atoms with Crippen LogP contribution >= 0.6 is 11.3 Å². The van der Waals surface area contributed by atoms with Gasteiger partial charge in [0.05, 0.1) is 5.69 Å². The van der Waals surface area contributed by atoms with E-state index in [-0.39, 0.29) is 24.8 Å². The van der Waals surface area contributed by atoms with Crippen molar-refractivity contribution in [1.29, 1.82) is 0 Å². The van der Waals surface area contributed by atoms with Gasteiger partial charge in [-0.1, -0.05) is 30.3 Å². The molecule has 0 aliphatic heterocycles. The first-order chi connectivity index (χ1) is 13.0. The van der Waals surface area contributed by atoms with Crippen LogP contribution in [0.25, 0.3) is 10.8 Å². The Morgan fingerprint density at radius 2 is 1.85 bits per heavy atom. The molecule has 7 heteroatoms. The zero-order valence-electron chi connectivity index (χ0n) is 15.2. The number of hydrogen-bond donors (Lipinski definition) is 2. The molecule has 0 spiro atoms. The largest absolute Gasteiger partial charge is 0.459 e. The molecule has 0 aliphatic carbocycles. The molecule has 0 unspecified atom stereocenters. The van der Waals surface area contributed by atoms with Gasteiger partial charge in [0.25, 0.3) is 5.91 Å². The summed E-state index contributed by atoms with van der Waals surface area (Å²) in [6.07, 6.45) is 0.223. The van der Waals surface area contributed by atoms with E-state index in [4.69, 9.17) is 4.42 Å². The number of rotatable bonds is 7. The number of nitrogens with zero attached hydrogens (tertiary/aromatic N) is 1. The average Bonchev–Trinajstić information content (AvgIpc) is 3.26. The van der Waals surface area contributed by atoms with Crippen molar-refractivity contribution in [2.45, 2.75) is 26.8 Å². The minimum absolute atomic E-state index is 0.105. The second kappa shape index (κ2) is 8.64. The highest BCUT2D eigenvalue weighted by Crippen LogP contribution is 2.29. The number of carbonyl (C=O) groups is 2. The van der Waals surface area contributed by atoms with Crippen LogP contribution in [0.5, 0.6) is 0 Å². The lowest BCUT2D eigenvalue weighted by Crippen LogP contribution is -2.30. The van der Waals surface area contributed by atoms with Crippen molar-refractivity contribution in [2.75, 3.05) is 6.54 Å². The van der Waals surface area contributed by atoms with Crippen LogP contribution in [0.2, 0.25) is 0 Å². The lowest BCUT2D eigenvalue weighted by molar-refractivity contribution is -0.121. The second-order valence-electron chi connectivity index (χ2n) is 6.11. The molecule has 140 valence electrons. The first-order valence-electron chi connectivity index (χ1n) is 8.66. The van der Waals surface area contributed by atoms with Gasteiger partial charge >= 0.3 is 0 Å². The Balaban J connectivity index is 1.48. The minimum Gasteiger partial charge on any atom is -0.459 e. The van der Waals surface area contributed by atoms with Gasteiger partial charge in [0.1, 0.15) is 10.6 Å². The molecule has 3 rings (SSSR count). The van der Waals surface area contributed by atoms with Gasteiger partial charge in [0.15, 0.2) is 10.8 Å². The van der Waals surface area contributed by atoms with Gasteiger partial charge in [-0.25, -0.2) is 4.98 Å². The van der Waals surface area contributed by atoms with E-state index in [0.717, 1.165) is 11.3 Å². The van der Waals surface area contributed by atoms with E-state index >= 15 is 0 Å². The lowest BCUT2D eigenvalue weighted by atomic mass is 10.2. The van der Waals surface area contributed by atoms with Crippen molar-refractivity contribution in [2.24, 2.45) is 0 Å². The van der Waals surface area contributed by atoms with Crippen molar-refractivity contribution in [1.82, 2.24) is 15.6 Å². The topological polar surface area (TPSA) is 84.2 Å². The number of aromatic nitrogens is 1. The van der Waals surface area contributed by atoms with Gasteiger partial charge in [-0.2, -0.15) is 0 Å². The molecule has 0 atom stereocenters. The molecular weight excluding hydrogens is 362 g/mol. The third-order valence-corrected chi connectivity index (χ3v) is 5.09. The first kappa shape index (κ1) is 18.8. The Bertz CT molecular complexity index is 931. The number of nitrogens with one attached hydrogen (secondary N) is 2. The van der Waals surface area contributed by atoms with Crippen LogP contribution in [0.1, 0.15) is 33.1 Å². The van der Waals surface area contributed by atoms with Crippen molar-refractivity contribution >= 4 is 23.2 Å². The average molecular weight is 383 g/mol. The third kappa shape index (κ3) is 5.04. The van der Waals surface area contributed by atoms with E-state index in [1.807, 2.05) is 49.4 Å². The van der Waals surface area contributed by atoms with Crippen LogP contribution in [0.4, 0.5) is 0 Å². The Kier molecular flexibility index (Phi) is 6.03. The van der Waals surface area contributed by atoms with Gasteiger partial charge in [0.2, 0.25) is 5.91 Å². The number of aryl methyl sites for hydroxylation is 2. The molecule has 1 aromatic carbocycles. The maximum atomic E-state index is 12.4. The van der Waals surface area contributed by atoms with Gasteiger partial charge in [0, 0.05) is 19.5 Å². The summed E-state index contributed by atoms with van der Waals surface area (Å²) in [5.74, 6) is 1.12. The molecule has 2 amide bonds. The predicted octanol–water partition coefficient (Wildman–Crippen LogP) is 3.46. The molecule has 2 aromatic heterocycles. The lowest BCUT2D eigenvalue weighted by Gasteiger charge is -2.06. The van der Waals surface area contributed by atoms with E-state index in [9.17, 15) is 9.59 Å². The van der Waals surface area contributed by atoms with Gasteiger partial charge in [-0.05, 0) is 31.5 Å². The maximum Gasteiger partial charge on any atom is 0.263 e. The highest BCUT2D eigenvalue weighted by atomic mass is 32.1. The van der Waals surface area contributed by atoms with Gasteiger partial charge in [-0.15, -0.1) is 11.3 Å². The van der Waals surface area contributed by atoms with Crippen molar-refractivity contribution in [3.63, 3.8) is 0 Å². The summed E-state index contributed by atoms with van der Waals surface area (Å²) in [6, 6.07) is 13.4. The zero-order valence-corrected chi connectivity index (χ0v) is 16.1. The molecule has 0 saturated carbocycles. The van der Waals surface area contributed by atoms with Crippen LogP contribution in [0.15, 0.2) is 46.9 Å². The molecule has 27 heavy (non-hydrogen) atoms. The van der Waals surface area contributed by atoms with E-state index in [2.05, 4.69) is 15.6 Å². The maximum absolute atomic E-state index is 12.4. The smallest absolute Gasteiger partial charge is 0.263 e. The number of benzene rings is 1. The highest BCUT2D eigenvalue weighted by Gasteiger charge is 2.17. The summed E-state index contributed by atoms with van der Waals surface area (Å²) >= 11 is 1.28. The van der Waals surface area contributed by atoms with Crippen LogP contribution in [0, 0.1) is 13.8 Å². The summed E-state index contributed by atoms with van der Waals surface area (Å²) < 4.78 is 5.56. The molecule has 0 fully saturated rings. The third-order valence-electron chi connectivity index (χ3n) is 3.92. The van der Waals surface area contributed by atoms with Crippen LogP contribution in [-0.4, -0.2) is 23.3 Å². The fraction of sp³-hybridized carbons (Fsp3) is 0.250. The number of carbonyl (C=O) groups excluding carboxylic acids is 2. The first-order valence-corrected chi connectivity index (χ1v) is 9.47. The van der Waals surface area contributed by atoms with Crippen molar-refractivity contribution < 1.29 is 14.0 Å². The Morgan fingerprint density at radius 3 is 2.56 bits per heavy atom. The van der Waals surface area contributed by atoms with E-state index in [1.165, 1.54) is 11.3 Å². The van der Waals surface area contributed by atoms with Crippen LogP contribution < -0.4 is 10.6 Å². The molecule has 0 aliphatic rings. The van der Waals surface area contributed by atoms with Crippen molar-refractivity contribution in [3.8, 4) is 10.8 Å². The minimum atomic E-state index is -0.226. The Hall–Kier alpha value is -2.93. The summed E-state index contributed by atoms with van der Waals surface area (Å²) in [7, 11) is 0. The molecule has 6 nitrogen and oxygen atoms in total. The van der Waals surface area contributed by atoms with E-state index in [1.54, 1.807) is 6.92 Å². The second-order valence-corrected chi connectivity index (χ2v) is 7.11. The Morgan fingerprint density at radius 1 is 1.07 bits per heavy atom. The van der Waals surface area contributed by atoms with Crippen LogP contribution in [0.3, 0.4) is 0 Å². The van der Waals surface area contributed by atoms with E-state index in [0.29, 0.717) is 27.9 Å². The normalized spacial score (nSPS) is 10.6. The number of thiazole rings is 1. The summed E-state index contributed by atoms with van der Waals surface area (Å²) in [5, 5.41) is 6.29. The van der Waals surface area contributed by atoms with Crippen molar-refractivity contribution in [3.05, 3.63) is 64.4 Å². The number of furan rings is 1. The summed E-state index contributed by atoms with van der Waals surface area (Å²) in [6.45, 7) is 4.40. The molecular formula is C20H21N3O3S. The standard InChI is InChI=1S/C20H21N3O3S/c1-13-8-9-16(26-13)20-23-14(2)18(27-20)19(25)21-11-10-17(24)22-12-15-6-4-3-5-7-15/h3-9H,10-12H2,1-2H3,(H,21,25)(H,22,24). The van der Waals surface area contributed by atoms with E-state index < -0.39 is 0 Å². The summed E-state index contributed by atoms with van der Waals surface area (Å²) in [4.78, 5) is 29.2. The fourth-order valence-electron chi connectivity index (χ4n) is 2.52. The fourth-order valence-corrected chi connectivity index (χ4v) is 3.46. The van der Waals surface area contributed by atoms with Crippen LogP contribution in [-0.2, 0) is 11.3 Å². The molecule has 2 heterocycles. The summed E-state index contributed by atoms with van der Waals surface area (Å²) in [5.41, 5.74) is 1.69. The molecule has 2 N–H and O–H groups in total. The highest BCUT2D eigenvalue weighted by molar-refractivity contribution is 7.17. The quantitative estimate of drug-likeness (QED) is 0.654.